The molecule has 0 saturated heterocycles. The maximum absolute atomic E-state index is 12.8. The Balaban J connectivity index is 1.39. The fraction of sp³-hybridized carbons (Fsp3) is 0.154. The SMILES string of the molecule is CNc1nc(S[C@H](C)C(=O)Nc2ccc(C(=O)Nc3ccccc3OC)cc2)nc2ccccc12. The topological polar surface area (TPSA) is 105 Å². The molecule has 2 amide bonds. The molecule has 0 aliphatic carbocycles. The Morgan fingerprint density at radius 3 is 2.37 bits per heavy atom. The van der Waals surface area contributed by atoms with Gasteiger partial charge in [0.15, 0.2) is 5.16 Å². The van der Waals surface area contributed by atoms with Gasteiger partial charge in [0.05, 0.1) is 23.6 Å². The molecule has 1 aromatic heterocycles. The van der Waals surface area contributed by atoms with Gasteiger partial charge in [0.25, 0.3) is 5.91 Å². The summed E-state index contributed by atoms with van der Waals surface area (Å²) in [6.45, 7) is 1.80. The van der Waals surface area contributed by atoms with Crippen LogP contribution in [0.2, 0.25) is 0 Å². The van der Waals surface area contributed by atoms with Gasteiger partial charge < -0.3 is 20.7 Å². The summed E-state index contributed by atoms with van der Waals surface area (Å²) >= 11 is 1.28. The lowest BCUT2D eigenvalue weighted by atomic mass is 10.2. The highest BCUT2D eigenvalue weighted by Gasteiger charge is 2.18. The molecule has 0 spiro atoms. The van der Waals surface area contributed by atoms with Gasteiger partial charge in [-0.15, -0.1) is 0 Å². The highest BCUT2D eigenvalue weighted by Crippen LogP contribution is 2.27. The van der Waals surface area contributed by atoms with Crippen LogP contribution in [0.25, 0.3) is 10.9 Å². The molecule has 178 valence electrons. The third kappa shape index (κ3) is 5.70. The van der Waals surface area contributed by atoms with Gasteiger partial charge in [0.1, 0.15) is 11.6 Å². The first kappa shape index (κ1) is 24.0. The van der Waals surface area contributed by atoms with Gasteiger partial charge >= 0.3 is 0 Å². The summed E-state index contributed by atoms with van der Waals surface area (Å²) in [5, 5.41) is 9.79. The lowest BCUT2D eigenvalue weighted by molar-refractivity contribution is -0.115. The Kier molecular flexibility index (Phi) is 7.47. The van der Waals surface area contributed by atoms with Gasteiger partial charge in [-0.3, -0.25) is 9.59 Å². The van der Waals surface area contributed by atoms with Gasteiger partial charge in [-0.2, -0.15) is 0 Å². The molecule has 0 fully saturated rings. The van der Waals surface area contributed by atoms with Crippen molar-refractivity contribution in [2.45, 2.75) is 17.3 Å². The predicted octanol–water partition coefficient (Wildman–Crippen LogP) is 5.05. The summed E-state index contributed by atoms with van der Waals surface area (Å²) in [6.07, 6.45) is 0. The minimum atomic E-state index is -0.436. The number of methoxy groups -OCH3 is 1. The lowest BCUT2D eigenvalue weighted by Crippen LogP contribution is -2.22. The summed E-state index contributed by atoms with van der Waals surface area (Å²) in [5.41, 5.74) is 2.44. The van der Waals surface area contributed by atoms with Crippen molar-refractivity contribution < 1.29 is 14.3 Å². The number of hydrogen-bond acceptors (Lipinski definition) is 7. The molecule has 1 heterocycles. The Morgan fingerprint density at radius 2 is 1.63 bits per heavy atom. The van der Waals surface area contributed by atoms with Crippen LogP contribution in [0.5, 0.6) is 5.75 Å². The average Bonchev–Trinajstić information content (AvgIpc) is 2.88. The van der Waals surface area contributed by atoms with Gasteiger partial charge in [-0.1, -0.05) is 36.0 Å². The van der Waals surface area contributed by atoms with E-state index in [1.54, 1.807) is 57.5 Å². The molecule has 1 atom stereocenters. The number of amides is 2. The average molecular weight is 488 g/mol. The van der Waals surface area contributed by atoms with Gasteiger partial charge in [0, 0.05) is 23.7 Å². The molecule has 35 heavy (non-hydrogen) atoms. The first-order valence-electron chi connectivity index (χ1n) is 10.9. The number of carbonyl (C=O) groups excluding carboxylic acids is 2. The molecule has 0 saturated carbocycles. The van der Waals surface area contributed by atoms with Crippen LogP contribution >= 0.6 is 11.8 Å². The molecule has 0 unspecified atom stereocenters. The standard InChI is InChI=1S/C26H25N5O3S/c1-16(35-26-30-20-9-5-4-8-19(20)23(27-2)31-26)24(32)28-18-14-12-17(13-15-18)25(33)29-21-10-6-7-11-22(21)34-3/h4-16H,1-3H3,(H,28,32)(H,29,33)(H,27,30,31)/t16-/m1/s1. The van der Waals surface area contributed by atoms with Crippen molar-refractivity contribution >= 4 is 51.7 Å². The fourth-order valence-electron chi connectivity index (χ4n) is 3.40. The number of nitrogens with one attached hydrogen (secondary N) is 3. The van der Waals surface area contributed by atoms with E-state index in [1.807, 2.05) is 36.4 Å². The number of nitrogens with zero attached hydrogens (tertiary/aromatic N) is 2. The number of hydrogen-bond donors (Lipinski definition) is 3. The number of aromatic nitrogens is 2. The number of benzene rings is 3. The van der Waals surface area contributed by atoms with E-state index in [4.69, 9.17) is 4.74 Å². The van der Waals surface area contributed by atoms with Crippen LogP contribution in [0, 0.1) is 0 Å². The fourth-order valence-corrected chi connectivity index (χ4v) is 4.18. The molecule has 3 N–H and O–H groups in total. The monoisotopic (exact) mass is 487 g/mol. The summed E-state index contributed by atoms with van der Waals surface area (Å²) in [7, 11) is 3.35. The van der Waals surface area contributed by atoms with Crippen LogP contribution in [0.4, 0.5) is 17.2 Å². The molecular weight excluding hydrogens is 462 g/mol. The third-order valence-corrected chi connectivity index (χ3v) is 6.20. The first-order chi connectivity index (χ1) is 17.0. The van der Waals surface area contributed by atoms with E-state index in [1.165, 1.54) is 11.8 Å². The van der Waals surface area contributed by atoms with Crippen LogP contribution < -0.4 is 20.7 Å². The number of fused-ring (bicyclic) bond motifs is 1. The molecule has 0 bridgehead atoms. The second-order valence-electron chi connectivity index (χ2n) is 7.60. The van der Waals surface area contributed by atoms with Crippen LogP contribution in [0.1, 0.15) is 17.3 Å². The van der Waals surface area contributed by atoms with Crippen molar-refractivity contribution in [2.75, 3.05) is 30.1 Å². The second-order valence-corrected chi connectivity index (χ2v) is 8.91. The Labute approximate surface area is 207 Å². The van der Waals surface area contributed by atoms with Crippen LogP contribution in [0.15, 0.2) is 78.0 Å². The van der Waals surface area contributed by atoms with Crippen molar-refractivity contribution in [1.29, 1.82) is 0 Å². The third-order valence-electron chi connectivity index (χ3n) is 5.24. The number of carbonyl (C=O) groups is 2. The van der Waals surface area contributed by atoms with E-state index >= 15 is 0 Å². The van der Waals surface area contributed by atoms with Crippen molar-refractivity contribution in [3.05, 3.63) is 78.4 Å². The van der Waals surface area contributed by atoms with E-state index in [9.17, 15) is 9.59 Å². The highest BCUT2D eigenvalue weighted by molar-refractivity contribution is 8.00. The normalized spacial score (nSPS) is 11.5. The molecule has 4 aromatic rings. The second kappa shape index (κ2) is 10.9. The highest BCUT2D eigenvalue weighted by atomic mass is 32.2. The van der Waals surface area contributed by atoms with Gasteiger partial charge in [-0.25, -0.2) is 9.97 Å². The minimum absolute atomic E-state index is 0.191. The number of ether oxygens (including phenoxy) is 1. The van der Waals surface area contributed by atoms with Crippen LogP contribution in [-0.2, 0) is 4.79 Å². The number of thioether (sulfide) groups is 1. The van der Waals surface area contributed by atoms with Crippen molar-refractivity contribution in [3.8, 4) is 5.75 Å². The van der Waals surface area contributed by atoms with E-state index in [-0.39, 0.29) is 11.8 Å². The van der Waals surface area contributed by atoms with Crippen LogP contribution in [-0.4, -0.2) is 41.2 Å². The first-order valence-corrected chi connectivity index (χ1v) is 11.8. The molecule has 0 radical (unpaired) electrons. The Morgan fingerprint density at radius 1 is 0.914 bits per heavy atom. The number of para-hydroxylation sites is 3. The van der Waals surface area contributed by atoms with Gasteiger partial charge in [0.2, 0.25) is 5.91 Å². The van der Waals surface area contributed by atoms with Crippen molar-refractivity contribution in [3.63, 3.8) is 0 Å². The maximum Gasteiger partial charge on any atom is 0.255 e. The van der Waals surface area contributed by atoms with Crippen molar-refractivity contribution in [1.82, 2.24) is 9.97 Å². The number of anilines is 3. The Hall–Kier alpha value is -4.11. The molecule has 8 nitrogen and oxygen atoms in total. The maximum atomic E-state index is 12.8. The molecular formula is C26H25N5O3S. The van der Waals surface area contributed by atoms with Crippen molar-refractivity contribution in [2.24, 2.45) is 0 Å². The zero-order valence-electron chi connectivity index (χ0n) is 19.5. The summed E-state index contributed by atoms with van der Waals surface area (Å²) < 4.78 is 5.27. The predicted molar refractivity (Wildman–Crippen MR) is 140 cm³/mol. The molecule has 4 rings (SSSR count). The minimum Gasteiger partial charge on any atom is -0.495 e. The van der Waals surface area contributed by atoms with E-state index in [0.717, 1.165) is 10.9 Å². The quantitative estimate of drug-likeness (QED) is 0.236. The number of rotatable bonds is 8. The summed E-state index contributed by atoms with van der Waals surface area (Å²) in [6, 6.07) is 21.6. The zero-order chi connectivity index (χ0) is 24.8. The molecule has 3 aromatic carbocycles. The summed E-state index contributed by atoms with van der Waals surface area (Å²) in [4.78, 5) is 34.5. The lowest BCUT2D eigenvalue weighted by Gasteiger charge is -2.13. The largest absolute Gasteiger partial charge is 0.495 e. The van der Waals surface area contributed by atoms with Gasteiger partial charge in [-0.05, 0) is 55.5 Å². The smallest absolute Gasteiger partial charge is 0.255 e. The molecule has 9 heteroatoms. The molecule has 0 aliphatic rings. The molecule has 0 aliphatic heterocycles. The van der Waals surface area contributed by atoms with E-state index in [0.29, 0.717) is 33.7 Å². The Bertz CT molecular complexity index is 1360. The zero-order valence-corrected chi connectivity index (χ0v) is 20.3. The van der Waals surface area contributed by atoms with E-state index < -0.39 is 5.25 Å². The summed E-state index contributed by atoms with van der Waals surface area (Å²) in [5.74, 6) is 0.829. The van der Waals surface area contributed by atoms with Crippen LogP contribution in [0.3, 0.4) is 0 Å². The van der Waals surface area contributed by atoms with E-state index in [2.05, 4.69) is 25.9 Å².